The van der Waals surface area contributed by atoms with E-state index < -0.39 is 12.0 Å². The lowest BCUT2D eigenvalue weighted by atomic mass is 9.48. The Labute approximate surface area is 176 Å². The van der Waals surface area contributed by atoms with Crippen LogP contribution in [0.5, 0.6) is 0 Å². The zero-order valence-electron chi connectivity index (χ0n) is 17.4. The SMILES string of the molecule is C[C@@H](NC(=O)COC(=O)[C@H]1CS[C@@]2(C)CCC(=O)N12)C12CC3CC(CC(C3)C1)C2. The van der Waals surface area contributed by atoms with Crippen molar-refractivity contribution in [3.8, 4) is 0 Å². The highest BCUT2D eigenvalue weighted by molar-refractivity contribution is 8.01. The molecule has 160 valence electrons. The molecule has 0 radical (unpaired) electrons. The quantitative estimate of drug-likeness (QED) is 0.692. The third-order valence-corrected chi connectivity index (χ3v) is 9.95. The zero-order chi connectivity index (χ0) is 20.4. The Morgan fingerprint density at radius 2 is 1.83 bits per heavy atom. The second kappa shape index (κ2) is 6.89. The average molecular weight is 421 g/mol. The van der Waals surface area contributed by atoms with Gasteiger partial charge in [-0.2, -0.15) is 0 Å². The van der Waals surface area contributed by atoms with E-state index in [1.807, 2.05) is 6.92 Å². The standard InChI is InChI=1S/C22H32N2O4S/c1-13(22-8-14-5-15(9-22)7-16(6-14)10-22)23-18(25)11-28-20(27)17-12-29-21(2)4-3-19(26)24(17)21/h13-17H,3-12H2,1-2H3,(H,23,25)/t13-,14?,15?,16?,17-,21+,22?/m1/s1. The summed E-state index contributed by atoms with van der Waals surface area (Å²) in [4.78, 5) is 38.7. The molecule has 0 unspecified atom stereocenters. The van der Waals surface area contributed by atoms with Gasteiger partial charge in [0.2, 0.25) is 5.91 Å². The monoisotopic (exact) mass is 420 g/mol. The fraction of sp³-hybridized carbons (Fsp3) is 0.864. The number of amides is 2. The molecule has 4 saturated carbocycles. The number of thioether (sulfide) groups is 1. The minimum atomic E-state index is -0.562. The molecule has 0 aromatic heterocycles. The van der Waals surface area contributed by atoms with Gasteiger partial charge in [0.1, 0.15) is 6.04 Å². The maximum Gasteiger partial charge on any atom is 0.330 e. The molecule has 3 atom stereocenters. The first-order chi connectivity index (χ1) is 13.8. The van der Waals surface area contributed by atoms with Crippen LogP contribution in [-0.4, -0.2) is 52.0 Å². The Bertz CT molecular complexity index is 705. The molecule has 0 aromatic carbocycles. The fourth-order valence-electron chi connectivity index (χ4n) is 7.37. The molecule has 1 N–H and O–H groups in total. The third kappa shape index (κ3) is 3.28. The highest BCUT2D eigenvalue weighted by Crippen LogP contribution is 2.61. The van der Waals surface area contributed by atoms with Crippen molar-refractivity contribution in [3.05, 3.63) is 0 Å². The van der Waals surface area contributed by atoms with Crippen LogP contribution in [0.4, 0.5) is 0 Å². The molecule has 4 aliphatic carbocycles. The number of hydrogen-bond acceptors (Lipinski definition) is 5. The molecule has 6 aliphatic rings. The van der Waals surface area contributed by atoms with E-state index in [0.717, 1.165) is 24.2 Å². The predicted octanol–water partition coefficient (Wildman–Crippen LogP) is 2.70. The number of hydrogen-bond donors (Lipinski definition) is 1. The lowest BCUT2D eigenvalue weighted by molar-refractivity contribution is -0.156. The van der Waals surface area contributed by atoms with Crippen LogP contribution >= 0.6 is 11.8 Å². The molecule has 6 fully saturated rings. The van der Waals surface area contributed by atoms with E-state index in [2.05, 4.69) is 12.2 Å². The maximum atomic E-state index is 12.6. The van der Waals surface area contributed by atoms with Gasteiger partial charge in [0.15, 0.2) is 6.61 Å². The smallest absolute Gasteiger partial charge is 0.330 e. The van der Waals surface area contributed by atoms with Crippen LogP contribution in [0.25, 0.3) is 0 Å². The normalized spacial score (nSPS) is 43.4. The van der Waals surface area contributed by atoms with Crippen LogP contribution in [0.1, 0.15) is 65.2 Å². The summed E-state index contributed by atoms with van der Waals surface area (Å²) in [7, 11) is 0. The first-order valence-electron chi connectivity index (χ1n) is 11.2. The van der Waals surface area contributed by atoms with E-state index in [9.17, 15) is 14.4 Å². The molecule has 6 rings (SSSR count). The number of nitrogens with zero attached hydrogens (tertiary/aromatic N) is 1. The van der Waals surface area contributed by atoms with E-state index in [0.29, 0.717) is 12.2 Å². The molecule has 2 aliphatic heterocycles. The lowest BCUT2D eigenvalue weighted by Gasteiger charge is -2.59. The van der Waals surface area contributed by atoms with Gasteiger partial charge in [0.05, 0.1) is 4.87 Å². The molecule has 2 heterocycles. The van der Waals surface area contributed by atoms with Crippen molar-refractivity contribution in [1.82, 2.24) is 10.2 Å². The third-order valence-electron chi connectivity index (χ3n) is 8.44. The van der Waals surface area contributed by atoms with Crippen molar-refractivity contribution in [2.24, 2.45) is 23.2 Å². The van der Waals surface area contributed by atoms with Crippen molar-refractivity contribution < 1.29 is 19.1 Å². The Morgan fingerprint density at radius 1 is 1.21 bits per heavy atom. The summed E-state index contributed by atoms with van der Waals surface area (Å²) in [6.45, 7) is 3.89. The van der Waals surface area contributed by atoms with Gasteiger partial charge in [-0.15, -0.1) is 11.8 Å². The number of carbonyl (C=O) groups is 3. The van der Waals surface area contributed by atoms with Crippen molar-refractivity contribution >= 4 is 29.5 Å². The number of carbonyl (C=O) groups excluding carboxylic acids is 3. The molecule has 2 amide bonds. The minimum Gasteiger partial charge on any atom is -0.454 e. The molecule has 0 spiro atoms. The largest absolute Gasteiger partial charge is 0.454 e. The number of esters is 1. The Kier molecular flexibility index (Phi) is 4.68. The van der Waals surface area contributed by atoms with Gasteiger partial charge in [-0.3, -0.25) is 9.59 Å². The van der Waals surface area contributed by atoms with Crippen molar-refractivity contribution in [3.63, 3.8) is 0 Å². The summed E-state index contributed by atoms with van der Waals surface area (Å²) in [6, 6.07) is -0.444. The summed E-state index contributed by atoms with van der Waals surface area (Å²) in [5.41, 5.74) is 0.236. The van der Waals surface area contributed by atoms with Crippen molar-refractivity contribution in [2.75, 3.05) is 12.4 Å². The maximum absolute atomic E-state index is 12.6. The number of rotatable bonds is 5. The van der Waals surface area contributed by atoms with Gasteiger partial charge < -0.3 is 15.0 Å². The summed E-state index contributed by atoms with van der Waals surface area (Å²) in [5, 5.41) is 3.14. The number of nitrogens with one attached hydrogen (secondary N) is 1. The van der Waals surface area contributed by atoms with Gasteiger partial charge in [-0.25, -0.2) is 4.79 Å². The molecular formula is C22H32N2O4S. The van der Waals surface area contributed by atoms with Crippen LogP contribution in [0.3, 0.4) is 0 Å². The van der Waals surface area contributed by atoms with Crippen molar-refractivity contribution in [2.45, 2.75) is 82.2 Å². The molecule has 0 aromatic rings. The summed E-state index contributed by atoms with van der Waals surface area (Å²) < 4.78 is 5.35. The number of ether oxygens (including phenoxy) is 1. The average Bonchev–Trinajstić information content (AvgIpc) is 3.14. The zero-order valence-corrected chi connectivity index (χ0v) is 18.3. The highest BCUT2D eigenvalue weighted by Gasteiger charge is 2.54. The van der Waals surface area contributed by atoms with Crippen LogP contribution in [0, 0.1) is 23.2 Å². The Morgan fingerprint density at radius 3 is 2.45 bits per heavy atom. The summed E-state index contributed by atoms with van der Waals surface area (Å²) >= 11 is 1.64. The molecule has 29 heavy (non-hydrogen) atoms. The topological polar surface area (TPSA) is 75.7 Å². The predicted molar refractivity (Wildman–Crippen MR) is 110 cm³/mol. The van der Waals surface area contributed by atoms with Crippen LogP contribution in [0.2, 0.25) is 0 Å². The fourth-order valence-corrected chi connectivity index (χ4v) is 8.79. The van der Waals surface area contributed by atoms with Crippen molar-refractivity contribution in [1.29, 1.82) is 0 Å². The van der Waals surface area contributed by atoms with Crippen LogP contribution in [0.15, 0.2) is 0 Å². The highest BCUT2D eigenvalue weighted by atomic mass is 32.2. The number of fused-ring (bicyclic) bond motifs is 1. The van der Waals surface area contributed by atoms with E-state index >= 15 is 0 Å². The van der Waals surface area contributed by atoms with Gasteiger partial charge in [-0.1, -0.05) is 0 Å². The second-order valence-electron chi connectivity index (χ2n) is 10.4. The first kappa shape index (κ1) is 19.7. The van der Waals surface area contributed by atoms with Gasteiger partial charge in [0, 0.05) is 18.2 Å². The van der Waals surface area contributed by atoms with Gasteiger partial charge >= 0.3 is 5.97 Å². The van der Waals surface area contributed by atoms with Crippen LogP contribution in [-0.2, 0) is 19.1 Å². The molecule has 2 saturated heterocycles. The van der Waals surface area contributed by atoms with Gasteiger partial charge in [-0.05, 0) is 82.0 Å². The first-order valence-corrected chi connectivity index (χ1v) is 12.2. The lowest BCUT2D eigenvalue weighted by Crippen LogP contribution is -2.56. The summed E-state index contributed by atoms with van der Waals surface area (Å²) in [6.07, 6.45) is 9.08. The molecule has 4 bridgehead atoms. The Hall–Kier alpha value is -1.24. The van der Waals surface area contributed by atoms with E-state index in [-0.39, 0.29) is 34.7 Å². The molecule has 7 heteroatoms. The van der Waals surface area contributed by atoms with E-state index in [1.165, 1.54) is 38.5 Å². The Balaban J connectivity index is 1.15. The molecule has 6 nitrogen and oxygen atoms in total. The molecular weight excluding hydrogens is 388 g/mol. The van der Waals surface area contributed by atoms with Gasteiger partial charge in [0.25, 0.3) is 5.91 Å². The summed E-state index contributed by atoms with van der Waals surface area (Å²) in [5.74, 6) is 2.41. The second-order valence-corrected chi connectivity index (χ2v) is 11.9. The minimum absolute atomic E-state index is 0.0133. The van der Waals surface area contributed by atoms with E-state index in [1.54, 1.807) is 16.7 Å². The van der Waals surface area contributed by atoms with E-state index in [4.69, 9.17) is 4.74 Å². The van der Waals surface area contributed by atoms with Crippen LogP contribution < -0.4 is 5.32 Å².